The molecule has 0 radical (unpaired) electrons. The Balaban J connectivity index is 1.62. The monoisotopic (exact) mass is 495 g/mol. The SMILES string of the molecule is COC(=O)C(c1ccccc1Cl)N1CCN(CC(=O)Nc2cc(OC)c(Cl)cc2OC)CC1. The van der Waals surface area contributed by atoms with Crippen molar-refractivity contribution in [2.45, 2.75) is 6.04 Å². The van der Waals surface area contributed by atoms with Gasteiger partial charge < -0.3 is 19.5 Å². The van der Waals surface area contributed by atoms with Crippen LogP contribution < -0.4 is 14.8 Å². The van der Waals surface area contributed by atoms with Gasteiger partial charge in [0.15, 0.2) is 0 Å². The summed E-state index contributed by atoms with van der Waals surface area (Å²) >= 11 is 12.5. The van der Waals surface area contributed by atoms with Crippen LogP contribution >= 0.6 is 23.2 Å². The van der Waals surface area contributed by atoms with E-state index in [0.717, 1.165) is 0 Å². The summed E-state index contributed by atoms with van der Waals surface area (Å²) in [4.78, 5) is 29.3. The fourth-order valence-electron chi connectivity index (χ4n) is 3.81. The molecule has 0 aromatic heterocycles. The maximum atomic E-state index is 12.7. The van der Waals surface area contributed by atoms with Crippen molar-refractivity contribution in [1.29, 1.82) is 0 Å². The van der Waals surface area contributed by atoms with Gasteiger partial charge in [-0.2, -0.15) is 0 Å². The first-order valence-electron chi connectivity index (χ1n) is 10.4. The number of nitrogens with one attached hydrogen (secondary N) is 1. The number of methoxy groups -OCH3 is 3. The van der Waals surface area contributed by atoms with Gasteiger partial charge in [-0.3, -0.25) is 14.6 Å². The summed E-state index contributed by atoms with van der Waals surface area (Å²) in [6.07, 6.45) is 0. The second-order valence-electron chi connectivity index (χ2n) is 7.49. The Morgan fingerprint density at radius 3 is 2.24 bits per heavy atom. The molecule has 8 nitrogen and oxygen atoms in total. The van der Waals surface area contributed by atoms with Crippen molar-refractivity contribution in [2.75, 3.05) is 59.4 Å². The summed E-state index contributed by atoms with van der Waals surface area (Å²) in [5, 5.41) is 3.76. The van der Waals surface area contributed by atoms with Gasteiger partial charge in [-0.1, -0.05) is 41.4 Å². The number of anilines is 1. The van der Waals surface area contributed by atoms with Gasteiger partial charge in [-0.05, 0) is 11.6 Å². The fraction of sp³-hybridized carbons (Fsp3) is 0.391. The predicted molar refractivity (Wildman–Crippen MR) is 127 cm³/mol. The van der Waals surface area contributed by atoms with Crippen LogP contribution in [-0.2, 0) is 14.3 Å². The molecule has 0 aliphatic carbocycles. The Morgan fingerprint density at radius 1 is 0.970 bits per heavy atom. The lowest BCUT2D eigenvalue weighted by Crippen LogP contribution is -2.51. The summed E-state index contributed by atoms with van der Waals surface area (Å²) in [7, 11) is 4.37. The number of benzene rings is 2. The molecule has 2 aromatic carbocycles. The predicted octanol–water partition coefficient (Wildman–Crippen LogP) is 3.48. The fourth-order valence-corrected chi connectivity index (χ4v) is 4.28. The van der Waals surface area contributed by atoms with E-state index in [1.165, 1.54) is 21.3 Å². The van der Waals surface area contributed by atoms with Crippen molar-refractivity contribution in [3.63, 3.8) is 0 Å². The zero-order chi connectivity index (χ0) is 24.0. The van der Waals surface area contributed by atoms with Crippen LogP contribution in [0.5, 0.6) is 11.5 Å². The first-order chi connectivity index (χ1) is 15.9. The summed E-state index contributed by atoms with van der Waals surface area (Å²) in [6.45, 7) is 2.56. The average Bonchev–Trinajstić information content (AvgIpc) is 2.82. The van der Waals surface area contributed by atoms with Crippen LogP contribution in [0.3, 0.4) is 0 Å². The smallest absolute Gasteiger partial charge is 0.327 e. The minimum Gasteiger partial charge on any atom is -0.495 e. The number of amides is 1. The van der Waals surface area contributed by atoms with Crippen LogP contribution in [0.1, 0.15) is 11.6 Å². The second-order valence-corrected chi connectivity index (χ2v) is 8.31. The number of carbonyl (C=O) groups is 2. The van der Waals surface area contributed by atoms with Crippen LogP contribution in [-0.4, -0.2) is 75.7 Å². The number of halogens is 2. The van der Waals surface area contributed by atoms with Crippen LogP contribution in [0.2, 0.25) is 10.0 Å². The molecule has 1 saturated heterocycles. The van der Waals surface area contributed by atoms with Crippen LogP contribution in [0.4, 0.5) is 5.69 Å². The first-order valence-corrected chi connectivity index (χ1v) is 11.1. The highest BCUT2D eigenvalue weighted by Gasteiger charge is 2.33. The minimum absolute atomic E-state index is 0.191. The van der Waals surface area contributed by atoms with Gasteiger partial charge in [0.25, 0.3) is 0 Å². The summed E-state index contributed by atoms with van der Waals surface area (Å²) in [5.74, 6) is 0.328. The molecule has 1 fully saturated rings. The lowest BCUT2D eigenvalue weighted by molar-refractivity contribution is -0.148. The maximum absolute atomic E-state index is 12.7. The molecule has 2 aromatic rings. The standard InChI is InChI=1S/C23H27Cl2N3O5/c1-31-19-13-18(20(32-2)12-17(19)25)26-21(29)14-27-8-10-28(11-9-27)22(23(30)33-3)15-6-4-5-7-16(15)24/h4-7,12-13,22H,8-11,14H2,1-3H3,(H,26,29). The first kappa shape index (κ1) is 25.1. The molecule has 1 aliphatic rings. The largest absolute Gasteiger partial charge is 0.495 e. The van der Waals surface area contributed by atoms with Crippen molar-refractivity contribution in [3.05, 3.63) is 52.0 Å². The molecule has 33 heavy (non-hydrogen) atoms. The number of piperazine rings is 1. The third kappa shape index (κ3) is 6.09. The molecule has 1 amide bonds. The van der Waals surface area contributed by atoms with Gasteiger partial charge in [0, 0.05) is 43.3 Å². The van der Waals surface area contributed by atoms with Gasteiger partial charge >= 0.3 is 5.97 Å². The zero-order valence-electron chi connectivity index (χ0n) is 18.8. The van der Waals surface area contributed by atoms with E-state index in [0.29, 0.717) is 59.0 Å². The Bertz CT molecular complexity index is 996. The number of hydrogen-bond acceptors (Lipinski definition) is 7. The number of rotatable bonds is 8. The molecule has 0 spiro atoms. The van der Waals surface area contributed by atoms with Gasteiger partial charge in [0.2, 0.25) is 5.91 Å². The van der Waals surface area contributed by atoms with E-state index >= 15 is 0 Å². The maximum Gasteiger partial charge on any atom is 0.327 e. The lowest BCUT2D eigenvalue weighted by Gasteiger charge is -2.38. The Kier molecular flexibility index (Phi) is 8.80. The molecular weight excluding hydrogens is 469 g/mol. The number of carbonyl (C=O) groups excluding carboxylic acids is 2. The van der Waals surface area contributed by atoms with Gasteiger partial charge in [-0.15, -0.1) is 0 Å². The number of ether oxygens (including phenoxy) is 3. The van der Waals surface area contributed by atoms with Crippen molar-refractivity contribution < 1.29 is 23.8 Å². The van der Waals surface area contributed by atoms with Crippen molar-refractivity contribution in [1.82, 2.24) is 9.80 Å². The highest BCUT2D eigenvalue weighted by atomic mass is 35.5. The normalized spacial score (nSPS) is 15.5. The number of hydrogen-bond donors (Lipinski definition) is 1. The van der Waals surface area contributed by atoms with Crippen LogP contribution in [0.15, 0.2) is 36.4 Å². The molecule has 1 heterocycles. The zero-order valence-corrected chi connectivity index (χ0v) is 20.3. The Morgan fingerprint density at radius 2 is 1.64 bits per heavy atom. The average molecular weight is 496 g/mol. The number of nitrogens with zero attached hydrogens (tertiary/aromatic N) is 2. The molecule has 1 N–H and O–H groups in total. The van der Waals surface area contributed by atoms with E-state index in [-0.39, 0.29) is 18.4 Å². The van der Waals surface area contributed by atoms with Crippen molar-refractivity contribution >= 4 is 40.8 Å². The highest BCUT2D eigenvalue weighted by Crippen LogP contribution is 2.36. The topological polar surface area (TPSA) is 80.3 Å². The van der Waals surface area contributed by atoms with E-state index < -0.39 is 6.04 Å². The van der Waals surface area contributed by atoms with E-state index in [1.54, 1.807) is 18.2 Å². The molecule has 0 saturated carbocycles. The Labute approximate surface area is 203 Å². The molecule has 1 unspecified atom stereocenters. The van der Waals surface area contributed by atoms with Gasteiger partial charge in [0.1, 0.15) is 17.5 Å². The van der Waals surface area contributed by atoms with E-state index in [9.17, 15) is 9.59 Å². The van der Waals surface area contributed by atoms with E-state index in [4.69, 9.17) is 37.4 Å². The third-order valence-electron chi connectivity index (χ3n) is 5.51. The van der Waals surface area contributed by atoms with Gasteiger partial charge in [-0.25, -0.2) is 4.79 Å². The molecule has 1 atom stereocenters. The van der Waals surface area contributed by atoms with Crippen molar-refractivity contribution in [2.24, 2.45) is 0 Å². The summed E-state index contributed by atoms with van der Waals surface area (Å²) < 4.78 is 15.6. The molecule has 3 rings (SSSR count). The van der Waals surface area contributed by atoms with Crippen LogP contribution in [0.25, 0.3) is 0 Å². The van der Waals surface area contributed by atoms with Crippen molar-refractivity contribution in [3.8, 4) is 11.5 Å². The van der Waals surface area contributed by atoms with Gasteiger partial charge in [0.05, 0.1) is 38.6 Å². The summed E-state index contributed by atoms with van der Waals surface area (Å²) in [6, 6.07) is 9.88. The summed E-state index contributed by atoms with van der Waals surface area (Å²) in [5.41, 5.74) is 1.19. The molecule has 178 valence electrons. The molecular formula is C23H27Cl2N3O5. The quantitative estimate of drug-likeness (QED) is 0.561. The molecule has 10 heteroatoms. The molecule has 1 aliphatic heterocycles. The second kappa shape index (κ2) is 11.6. The number of esters is 1. The third-order valence-corrected chi connectivity index (χ3v) is 6.15. The lowest BCUT2D eigenvalue weighted by atomic mass is 10.0. The minimum atomic E-state index is -0.592. The Hall–Kier alpha value is -2.52. The van der Waals surface area contributed by atoms with E-state index in [1.807, 2.05) is 28.0 Å². The highest BCUT2D eigenvalue weighted by molar-refractivity contribution is 6.32. The van der Waals surface area contributed by atoms with E-state index in [2.05, 4.69) is 5.32 Å². The molecule has 0 bridgehead atoms. The van der Waals surface area contributed by atoms with Crippen LogP contribution in [0, 0.1) is 0 Å².